The Morgan fingerprint density at radius 1 is 1.64 bits per heavy atom. The monoisotopic (exact) mass is 210 g/mol. The second-order valence-electron chi connectivity index (χ2n) is 3.92. The molecule has 0 saturated carbocycles. The van der Waals surface area contributed by atoms with E-state index in [2.05, 4.69) is 22.6 Å². The summed E-state index contributed by atoms with van der Waals surface area (Å²) < 4.78 is 0. The van der Waals surface area contributed by atoms with Gasteiger partial charge in [-0.25, -0.2) is 4.98 Å². The molecule has 1 fully saturated rings. The van der Waals surface area contributed by atoms with Crippen molar-refractivity contribution in [3.05, 3.63) is 16.1 Å². The van der Waals surface area contributed by atoms with E-state index in [4.69, 9.17) is 0 Å². The number of rotatable bonds is 4. The first-order chi connectivity index (χ1) is 6.88. The molecule has 0 radical (unpaired) electrons. The highest BCUT2D eigenvalue weighted by atomic mass is 32.1. The van der Waals surface area contributed by atoms with Gasteiger partial charge in [-0.1, -0.05) is 6.92 Å². The van der Waals surface area contributed by atoms with Crippen LogP contribution in [0.4, 0.5) is 0 Å². The van der Waals surface area contributed by atoms with Crippen LogP contribution in [0.25, 0.3) is 0 Å². The molecule has 1 aromatic heterocycles. The molecule has 0 amide bonds. The van der Waals surface area contributed by atoms with Crippen molar-refractivity contribution in [3.8, 4) is 0 Å². The lowest BCUT2D eigenvalue weighted by Crippen LogP contribution is -2.21. The van der Waals surface area contributed by atoms with Crippen LogP contribution in [0.2, 0.25) is 0 Å². The van der Waals surface area contributed by atoms with Gasteiger partial charge in [-0.3, -0.25) is 0 Å². The van der Waals surface area contributed by atoms with Gasteiger partial charge in [0.2, 0.25) is 0 Å². The minimum absolute atomic E-state index is 0.754. The third-order valence-electron chi connectivity index (χ3n) is 2.83. The maximum absolute atomic E-state index is 4.58. The molecule has 3 heteroatoms. The van der Waals surface area contributed by atoms with Crippen LogP contribution in [0.3, 0.4) is 0 Å². The maximum Gasteiger partial charge on any atom is 0.0928 e. The molecule has 0 aliphatic carbocycles. The van der Waals surface area contributed by atoms with E-state index in [1.54, 1.807) is 0 Å². The minimum Gasteiger partial charge on any atom is -0.314 e. The molecule has 1 N–H and O–H groups in total. The first-order valence-electron chi connectivity index (χ1n) is 5.55. The highest BCUT2D eigenvalue weighted by molar-refractivity contribution is 7.09. The van der Waals surface area contributed by atoms with E-state index >= 15 is 0 Å². The van der Waals surface area contributed by atoms with Crippen molar-refractivity contribution in [3.63, 3.8) is 0 Å². The molecular formula is C11H18N2S. The van der Waals surface area contributed by atoms with Crippen LogP contribution < -0.4 is 5.32 Å². The summed E-state index contributed by atoms with van der Waals surface area (Å²) in [7, 11) is 0. The smallest absolute Gasteiger partial charge is 0.0928 e. The lowest BCUT2D eigenvalue weighted by atomic mass is 10.1. The third-order valence-corrected chi connectivity index (χ3v) is 3.79. The number of aryl methyl sites for hydroxylation is 2. The summed E-state index contributed by atoms with van der Waals surface area (Å²) in [5, 5.41) is 7.03. The lowest BCUT2D eigenvalue weighted by Gasteiger charge is -2.07. The second-order valence-corrected chi connectivity index (χ2v) is 4.86. The number of hydrogen-bond donors (Lipinski definition) is 1. The van der Waals surface area contributed by atoms with E-state index in [9.17, 15) is 0 Å². The largest absolute Gasteiger partial charge is 0.314 e. The third kappa shape index (κ3) is 2.55. The number of aromatic nitrogens is 1. The fraction of sp³-hybridized carbons (Fsp3) is 0.727. The fourth-order valence-corrected chi connectivity index (χ4v) is 2.82. The van der Waals surface area contributed by atoms with E-state index in [1.807, 2.05) is 11.3 Å². The Morgan fingerprint density at radius 2 is 2.57 bits per heavy atom. The highest BCUT2D eigenvalue weighted by Gasteiger charge is 2.14. The average Bonchev–Trinajstić information content (AvgIpc) is 2.86. The Labute approximate surface area is 89.8 Å². The molecule has 1 unspecified atom stereocenters. The van der Waals surface area contributed by atoms with Crippen molar-refractivity contribution in [2.75, 3.05) is 6.54 Å². The molecule has 2 nitrogen and oxygen atoms in total. The van der Waals surface area contributed by atoms with Crippen LogP contribution >= 0.6 is 11.3 Å². The van der Waals surface area contributed by atoms with Gasteiger partial charge in [0.05, 0.1) is 10.7 Å². The fourth-order valence-electron chi connectivity index (χ4n) is 1.93. The Hall–Kier alpha value is -0.410. The summed E-state index contributed by atoms with van der Waals surface area (Å²) in [6.45, 7) is 3.38. The number of thiazole rings is 1. The van der Waals surface area contributed by atoms with Gasteiger partial charge in [0.1, 0.15) is 0 Å². The first kappa shape index (κ1) is 10.1. The van der Waals surface area contributed by atoms with Crippen molar-refractivity contribution in [1.82, 2.24) is 10.3 Å². The van der Waals surface area contributed by atoms with Crippen molar-refractivity contribution >= 4 is 11.3 Å². The summed E-state index contributed by atoms with van der Waals surface area (Å²) in [6, 6.07) is 0.754. The van der Waals surface area contributed by atoms with Gasteiger partial charge in [0.25, 0.3) is 0 Å². The average molecular weight is 210 g/mol. The normalized spacial score (nSPS) is 21.6. The molecule has 2 heterocycles. The molecule has 78 valence electrons. The summed E-state index contributed by atoms with van der Waals surface area (Å²) in [5.41, 5.74) is 1.25. The molecule has 0 spiro atoms. The van der Waals surface area contributed by atoms with E-state index < -0.39 is 0 Å². The molecule has 1 aliphatic rings. The summed E-state index contributed by atoms with van der Waals surface area (Å²) in [5.74, 6) is 0. The summed E-state index contributed by atoms with van der Waals surface area (Å²) in [4.78, 5) is 4.58. The van der Waals surface area contributed by atoms with Crippen LogP contribution in [0.15, 0.2) is 5.38 Å². The molecule has 1 saturated heterocycles. The number of hydrogen-bond acceptors (Lipinski definition) is 3. The zero-order chi connectivity index (χ0) is 9.80. The van der Waals surface area contributed by atoms with Crippen LogP contribution in [0.1, 0.15) is 36.9 Å². The molecule has 14 heavy (non-hydrogen) atoms. The Balaban J connectivity index is 1.79. The van der Waals surface area contributed by atoms with Crippen molar-refractivity contribution in [2.45, 2.75) is 45.1 Å². The van der Waals surface area contributed by atoms with Gasteiger partial charge in [0.15, 0.2) is 0 Å². The lowest BCUT2D eigenvalue weighted by molar-refractivity contribution is 0.558. The molecule has 1 aliphatic heterocycles. The van der Waals surface area contributed by atoms with Gasteiger partial charge in [0, 0.05) is 17.8 Å². The topological polar surface area (TPSA) is 24.9 Å². The molecule has 0 bridgehead atoms. The minimum atomic E-state index is 0.754. The predicted octanol–water partition coefficient (Wildman–Crippen LogP) is 2.39. The Kier molecular flexibility index (Phi) is 3.54. The molecule has 0 aromatic carbocycles. The summed E-state index contributed by atoms with van der Waals surface area (Å²) >= 11 is 1.82. The Morgan fingerprint density at radius 3 is 3.21 bits per heavy atom. The van der Waals surface area contributed by atoms with Gasteiger partial charge < -0.3 is 5.32 Å². The van der Waals surface area contributed by atoms with Gasteiger partial charge in [-0.15, -0.1) is 11.3 Å². The van der Waals surface area contributed by atoms with Crippen molar-refractivity contribution in [2.24, 2.45) is 0 Å². The first-order valence-corrected chi connectivity index (χ1v) is 6.43. The Bertz CT molecular complexity index is 277. The standard InChI is InChI=1S/C11H18N2S/c1-2-9-8-14-11(13-9)6-5-10-4-3-7-12-10/h8,10,12H,2-7H2,1H3. The zero-order valence-electron chi connectivity index (χ0n) is 8.75. The van der Waals surface area contributed by atoms with Crippen molar-refractivity contribution < 1.29 is 0 Å². The SMILES string of the molecule is CCc1csc(CCC2CCCN2)n1. The van der Waals surface area contributed by atoms with E-state index in [-0.39, 0.29) is 0 Å². The zero-order valence-corrected chi connectivity index (χ0v) is 9.57. The van der Waals surface area contributed by atoms with Gasteiger partial charge in [-0.05, 0) is 32.2 Å². The van der Waals surface area contributed by atoms with Crippen LogP contribution in [-0.2, 0) is 12.8 Å². The van der Waals surface area contributed by atoms with Crippen molar-refractivity contribution in [1.29, 1.82) is 0 Å². The van der Waals surface area contributed by atoms with E-state index in [0.717, 1.165) is 18.9 Å². The van der Waals surface area contributed by atoms with Gasteiger partial charge in [-0.2, -0.15) is 0 Å². The molecule has 1 aromatic rings. The van der Waals surface area contributed by atoms with Gasteiger partial charge >= 0.3 is 0 Å². The van der Waals surface area contributed by atoms with Crippen LogP contribution in [0, 0.1) is 0 Å². The number of nitrogens with zero attached hydrogens (tertiary/aromatic N) is 1. The van der Waals surface area contributed by atoms with E-state index in [1.165, 1.54) is 36.5 Å². The summed E-state index contributed by atoms with van der Waals surface area (Å²) in [6.07, 6.45) is 6.19. The van der Waals surface area contributed by atoms with Crippen LogP contribution in [0.5, 0.6) is 0 Å². The quantitative estimate of drug-likeness (QED) is 0.825. The predicted molar refractivity (Wildman–Crippen MR) is 60.8 cm³/mol. The highest BCUT2D eigenvalue weighted by Crippen LogP contribution is 2.16. The molecule has 1 atom stereocenters. The van der Waals surface area contributed by atoms with E-state index in [0.29, 0.717) is 0 Å². The molecular weight excluding hydrogens is 192 g/mol. The number of nitrogens with one attached hydrogen (secondary N) is 1. The second kappa shape index (κ2) is 4.89. The maximum atomic E-state index is 4.58. The molecule has 2 rings (SSSR count). The van der Waals surface area contributed by atoms with Crippen LogP contribution in [-0.4, -0.2) is 17.6 Å².